The molecule has 0 radical (unpaired) electrons. The second kappa shape index (κ2) is 8.86. The van der Waals surface area contributed by atoms with Gasteiger partial charge < -0.3 is 20.7 Å². The van der Waals surface area contributed by atoms with Gasteiger partial charge in [-0.05, 0) is 30.5 Å². The second-order valence-corrected chi connectivity index (χ2v) is 5.93. The lowest BCUT2D eigenvalue weighted by Gasteiger charge is -2.19. The average molecular weight is 345 g/mol. The Morgan fingerprint density at radius 3 is 2.52 bits per heavy atom. The molecule has 4 N–H and O–H groups in total. The minimum Gasteiger partial charge on any atom is -0.426 e. The van der Waals surface area contributed by atoms with Crippen molar-refractivity contribution < 1.29 is 24.0 Å². The summed E-state index contributed by atoms with van der Waals surface area (Å²) in [6.45, 7) is 3.38. The van der Waals surface area contributed by atoms with E-state index in [4.69, 9.17) is 11.6 Å². The van der Waals surface area contributed by atoms with Gasteiger partial charge >= 0.3 is 7.12 Å². The molecule has 1 atom stereocenters. The summed E-state index contributed by atoms with van der Waals surface area (Å²) >= 11 is 5.76. The average Bonchev–Trinajstić information content (AvgIpc) is 2.43. The van der Waals surface area contributed by atoms with E-state index in [2.05, 4.69) is 10.6 Å². The molecule has 1 aromatic carbocycles. The highest BCUT2D eigenvalue weighted by molar-refractivity contribution is 6.43. The van der Waals surface area contributed by atoms with Crippen LogP contribution < -0.4 is 10.6 Å². The van der Waals surface area contributed by atoms with Crippen molar-refractivity contribution >= 4 is 30.5 Å². The summed E-state index contributed by atoms with van der Waals surface area (Å²) in [4.78, 5) is 23.7. The van der Waals surface area contributed by atoms with Gasteiger partial charge in [-0.15, -0.1) is 0 Å². The lowest BCUT2D eigenvalue weighted by Crippen LogP contribution is -2.50. The van der Waals surface area contributed by atoms with Gasteiger partial charge in [0.05, 0.1) is 23.1 Å². The van der Waals surface area contributed by atoms with E-state index in [1.54, 1.807) is 0 Å². The molecule has 0 aromatic heterocycles. The minimum absolute atomic E-state index is 0.0433. The van der Waals surface area contributed by atoms with Crippen molar-refractivity contribution in [1.82, 2.24) is 10.6 Å². The Hall–Kier alpha value is -1.64. The maximum atomic E-state index is 12.9. The van der Waals surface area contributed by atoms with Gasteiger partial charge in [0.15, 0.2) is 0 Å². The lowest BCUT2D eigenvalue weighted by atomic mass is 9.75. The number of rotatable bonds is 7. The van der Waals surface area contributed by atoms with Crippen molar-refractivity contribution in [1.29, 1.82) is 0 Å². The molecule has 0 aliphatic heterocycles. The summed E-state index contributed by atoms with van der Waals surface area (Å²) in [6, 6.07) is 3.29. The molecule has 0 saturated carbocycles. The van der Waals surface area contributed by atoms with E-state index in [1.165, 1.54) is 6.07 Å². The van der Waals surface area contributed by atoms with Crippen molar-refractivity contribution in [2.75, 3.05) is 6.54 Å². The first-order valence-corrected chi connectivity index (χ1v) is 7.47. The van der Waals surface area contributed by atoms with Gasteiger partial charge in [-0.2, -0.15) is 0 Å². The van der Waals surface area contributed by atoms with Crippen LogP contribution in [0.1, 0.15) is 30.6 Å². The fourth-order valence-corrected chi connectivity index (χ4v) is 2.20. The van der Waals surface area contributed by atoms with Gasteiger partial charge in [-0.25, -0.2) is 4.39 Å². The van der Waals surface area contributed by atoms with Crippen molar-refractivity contribution in [3.05, 3.63) is 34.6 Å². The third-order valence-electron chi connectivity index (χ3n) is 3.02. The van der Waals surface area contributed by atoms with Crippen LogP contribution in [0.2, 0.25) is 5.02 Å². The monoisotopic (exact) mass is 344 g/mol. The third-order valence-corrected chi connectivity index (χ3v) is 3.33. The number of hydrogen-bond donors (Lipinski definition) is 4. The number of carbonyl (C=O) groups is 2. The van der Waals surface area contributed by atoms with Gasteiger partial charge in [0.1, 0.15) is 5.82 Å². The van der Waals surface area contributed by atoms with E-state index in [1.807, 2.05) is 13.8 Å². The summed E-state index contributed by atoms with van der Waals surface area (Å²) < 4.78 is 12.9. The summed E-state index contributed by atoms with van der Waals surface area (Å²) in [5, 5.41) is 23.2. The van der Waals surface area contributed by atoms with E-state index in [-0.39, 0.29) is 23.0 Å². The van der Waals surface area contributed by atoms with E-state index in [0.717, 1.165) is 12.1 Å². The van der Waals surface area contributed by atoms with Crippen LogP contribution in [0.3, 0.4) is 0 Å². The van der Waals surface area contributed by atoms with E-state index in [0.29, 0.717) is 6.42 Å². The fraction of sp³-hybridized carbons (Fsp3) is 0.429. The Morgan fingerprint density at radius 1 is 1.35 bits per heavy atom. The summed E-state index contributed by atoms with van der Waals surface area (Å²) in [7, 11) is -1.69. The molecule has 0 spiro atoms. The summed E-state index contributed by atoms with van der Waals surface area (Å²) in [5.41, 5.74) is 0.0433. The predicted molar refractivity (Wildman–Crippen MR) is 85.3 cm³/mol. The molecule has 0 unspecified atom stereocenters. The Balaban J connectivity index is 2.56. The zero-order valence-electron chi connectivity index (χ0n) is 12.8. The highest BCUT2D eigenvalue weighted by Gasteiger charge is 2.26. The number of benzene rings is 1. The largest absolute Gasteiger partial charge is 0.475 e. The Kier molecular flexibility index (Phi) is 7.47. The summed E-state index contributed by atoms with van der Waals surface area (Å²) in [6.07, 6.45) is 0.376. The third kappa shape index (κ3) is 6.56. The molecule has 0 fully saturated rings. The number of hydrogen-bond acceptors (Lipinski definition) is 4. The molecule has 126 valence electrons. The Bertz CT molecular complexity index is 572. The normalized spacial score (nSPS) is 12.0. The predicted octanol–water partition coefficient (Wildman–Crippen LogP) is 0.752. The maximum Gasteiger partial charge on any atom is 0.475 e. The highest BCUT2D eigenvalue weighted by atomic mass is 35.5. The van der Waals surface area contributed by atoms with Crippen molar-refractivity contribution in [3.63, 3.8) is 0 Å². The molecule has 0 aliphatic rings. The standard InChI is InChI=1S/C14H19BClFN2O4/c1-8(2)5-12(15(22)23)19-13(20)7-18-14(21)10-4-3-9(17)6-11(10)16/h3-4,6,8,12,22-23H,5,7H2,1-2H3,(H,18,21)(H,19,20)/t12-/m0/s1. The molecule has 1 aromatic rings. The fourth-order valence-electron chi connectivity index (χ4n) is 1.95. The molecule has 2 amide bonds. The van der Waals surface area contributed by atoms with Gasteiger partial charge in [0, 0.05) is 0 Å². The molecule has 6 nitrogen and oxygen atoms in total. The van der Waals surface area contributed by atoms with Crippen LogP contribution in [-0.4, -0.2) is 41.5 Å². The molecule has 1 rings (SSSR count). The maximum absolute atomic E-state index is 12.9. The van der Waals surface area contributed by atoms with Crippen LogP contribution in [0, 0.1) is 11.7 Å². The van der Waals surface area contributed by atoms with Crippen LogP contribution in [0.5, 0.6) is 0 Å². The van der Waals surface area contributed by atoms with Crippen molar-refractivity contribution in [2.24, 2.45) is 5.92 Å². The number of amides is 2. The van der Waals surface area contributed by atoms with E-state index < -0.39 is 30.7 Å². The van der Waals surface area contributed by atoms with Crippen LogP contribution >= 0.6 is 11.6 Å². The van der Waals surface area contributed by atoms with Crippen LogP contribution in [0.15, 0.2) is 18.2 Å². The van der Waals surface area contributed by atoms with Gasteiger partial charge in [-0.3, -0.25) is 9.59 Å². The molecule has 0 aliphatic carbocycles. The minimum atomic E-state index is -1.69. The number of halogens is 2. The number of nitrogens with one attached hydrogen (secondary N) is 2. The zero-order valence-corrected chi connectivity index (χ0v) is 13.6. The molecule has 0 heterocycles. The first-order chi connectivity index (χ1) is 10.7. The Morgan fingerprint density at radius 2 is 2.00 bits per heavy atom. The number of carbonyl (C=O) groups excluding carboxylic acids is 2. The summed E-state index contributed by atoms with van der Waals surface area (Å²) in [5.74, 6) is -2.45. The topological polar surface area (TPSA) is 98.7 Å². The first-order valence-electron chi connectivity index (χ1n) is 7.09. The van der Waals surface area contributed by atoms with Crippen LogP contribution in [0.25, 0.3) is 0 Å². The second-order valence-electron chi connectivity index (χ2n) is 5.52. The van der Waals surface area contributed by atoms with Gasteiger partial charge in [-0.1, -0.05) is 25.4 Å². The molecular formula is C14H19BClFN2O4. The lowest BCUT2D eigenvalue weighted by molar-refractivity contribution is -0.120. The van der Waals surface area contributed by atoms with Gasteiger partial charge in [0.2, 0.25) is 5.91 Å². The molecular weight excluding hydrogens is 325 g/mol. The smallest absolute Gasteiger partial charge is 0.426 e. The molecule has 23 heavy (non-hydrogen) atoms. The van der Waals surface area contributed by atoms with E-state index >= 15 is 0 Å². The molecule has 0 saturated heterocycles. The van der Waals surface area contributed by atoms with Crippen molar-refractivity contribution in [3.8, 4) is 0 Å². The molecule has 0 bridgehead atoms. The van der Waals surface area contributed by atoms with Crippen molar-refractivity contribution in [2.45, 2.75) is 26.2 Å². The zero-order chi connectivity index (χ0) is 17.6. The van der Waals surface area contributed by atoms with Gasteiger partial charge in [0.25, 0.3) is 5.91 Å². The van der Waals surface area contributed by atoms with Crippen LogP contribution in [-0.2, 0) is 4.79 Å². The van der Waals surface area contributed by atoms with E-state index in [9.17, 15) is 24.0 Å². The molecule has 9 heteroatoms. The first kappa shape index (κ1) is 19.4. The quantitative estimate of drug-likeness (QED) is 0.549. The van der Waals surface area contributed by atoms with Crippen LogP contribution in [0.4, 0.5) is 4.39 Å². The Labute approximate surface area is 139 Å². The SMILES string of the molecule is CC(C)C[C@H](NC(=O)CNC(=O)c1ccc(F)cc1Cl)B(O)O. The highest BCUT2D eigenvalue weighted by Crippen LogP contribution is 2.16.